The first-order chi connectivity index (χ1) is 11.4. The molecular formula is C21H34N2. The summed E-state index contributed by atoms with van der Waals surface area (Å²) in [5.41, 5.74) is 2.49. The maximum atomic E-state index is 4.89. The van der Waals surface area contributed by atoms with Gasteiger partial charge in [-0.3, -0.25) is 0 Å². The summed E-state index contributed by atoms with van der Waals surface area (Å²) in [6.07, 6.45) is 14.5. The summed E-state index contributed by atoms with van der Waals surface area (Å²) >= 11 is 0. The van der Waals surface area contributed by atoms with E-state index in [4.69, 9.17) is 4.98 Å². The zero-order chi connectivity index (χ0) is 16.3. The SMILES string of the molecule is CCCCCCCCCn1c(CCCCC)nc2ccccc21. The van der Waals surface area contributed by atoms with Gasteiger partial charge >= 0.3 is 0 Å². The molecule has 0 aliphatic rings. The van der Waals surface area contributed by atoms with Crippen LogP contribution in [0.1, 0.15) is 83.9 Å². The average molecular weight is 315 g/mol. The van der Waals surface area contributed by atoms with Gasteiger partial charge in [0.15, 0.2) is 0 Å². The Morgan fingerprint density at radius 1 is 0.783 bits per heavy atom. The van der Waals surface area contributed by atoms with E-state index >= 15 is 0 Å². The fraction of sp³-hybridized carbons (Fsp3) is 0.667. The third kappa shape index (κ3) is 5.67. The molecule has 0 atom stereocenters. The Balaban J connectivity index is 1.90. The number of hydrogen-bond donors (Lipinski definition) is 0. The first kappa shape index (κ1) is 18.0. The summed E-state index contributed by atoms with van der Waals surface area (Å²) in [6.45, 7) is 5.68. The highest BCUT2D eigenvalue weighted by Crippen LogP contribution is 2.19. The molecule has 128 valence electrons. The fourth-order valence-corrected chi connectivity index (χ4v) is 3.33. The van der Waals surface area contributed by atoms with Crippen LogP contribution in [0.2, 0.25) is 0 Å². The summed E-state index contributed by atoms with van der Waals surface area (Å²) in [4.78, 5) is 4.89. The van der Waals surface area contributed by atoms with Gasteiger partial charge < -0.3 is 4.57 Å². The molecule has 0 radical (unpaired) electrons. The summed E-state index contributed by atoms with van der Waals surface area (Å²) in [5.74, 6) is 1.30. The molecule has 0 saturated carbocycles. The third-order valence-electron chi connectivity index (χ3n) is 4.72. The van der Waals surface area contributed by atoms with Crippen LogP contribution >= 0.6 is 0 Å². The number of aryl methyl sites for hydroxylation is 2. The van der Waals surface area contributed by atoms with Crippen LogP contribution in [0.4, 0.5) is 0 Å². The van der Waals surface area contributed by atoms with E-state index < -0.39 is 0 Å². The monoisotopic (exact) mass is 314 g/mol. The molecule has 1 heterocycles. The van der Waals surface area contributed by atoms with E-state index in [1.54, 1.807) is 0 Å². The molecule has 1 aromatic carbocycles. The van der Waals surface area contributed by atoms with Gasteiger partial charge in [-0.25, -0.2) is 4.98 Å². The predicted molar refractivity (Wildman–Crippen MR) is 101 cm³/mol. The van der Waals surface area contributed by atoms with Crippen LogP contribution in [0.3, 0.4) is 0 Å². The Bertz CT molecular complexity index is 556. The van der Waals surface area contributed by atoms with Crippen LogP contribution in [0.25, 0.3) is 11.0 Å². The van der Waals surface area contributed by atoms with Gasteiger partial charge in [-0.2, -0.15) is 0 Å². The van der Waals surface area contributed by atoms with Gasteiger partial charge in [0.25, 0.3) is 0 Å². The highest BCUT2D eigenvalue weighted by molar-refractivity contribution is 5.75. The normalized spacial score (nSPS) is 11.4. The van der Waals surface area contributed by atoms with Crippen LogP contribution in [0.15, 0.2) is 24.3 Å². The van der Waals surface area contributed by atoms with Crippen molar-refractivity contribution < 1.29 is 0 Å². The molecular weight excluding hydrogens is 280 g/mol. The predicted octanol–water partition coefficient (Wildman–Crippen LogP) is 6.52. The summed E-state index contributed by atoms with van der Waals surface area (Å²) in [5, 5.41) is 0. The highest BCUT2D eigenvalue weighted by Gasteiger charge is 2.09. The molecule has 2 rings (SSSR count). The number of aromatic nitrogens is 2. The third-order valence-corrected chi connectivity index (χ3v) is 4.72. The zero-order valence-corrected chi connectivity index (χ0v) is 15.2. The number of nitrogens with zero attached hydrogens (tertiary/aromatic N) is 2. The molecule has 0 fully saturated rings. The van der Waals surface area contributed by atoms with Gasteiger partial charge in [0.05, 0.1) is 11.0 Å². The number of benzene rings is 1. The molecule has 2 heteroatoms. The first-order valence-electron chi connectivity index (χ1n) is 9.81. The molecule has 0 amide bonds. The Labute approximate surface area is 142 Å². The van der Waals surface area contributed by atoms with Gasteiger partial charge in [0.2, 0.25) is 0 Å². The molecule has 0 unspecified atom stereocenters. The Kier molecular flexibility index (Phi) is 8.20. The number of para-hydroxylation sites is 2. The Morgan fingerprint density at radius 3 is 2.22 bits per heavy atom. The largest absolute Gasteiger partial charge is 0.328 e. The summed E-state index contributed by atoms with van der Waals surface area (Å²) in [6, 6.07) is 8.62. The van der Waals surface area contributed by atoms with Crippen LogP contribution in [0.5, 0.6) is 0 Å². The van der Waals surface area contributed by atoms with Crippen molar-refractivity contribution in [3.05, 3.63) is 30.1 Å². The highest BCUT2D eigenvalue weighted by atomic mass is 15.1. The lowest BCUT2D eigenvalue weighted by Crippen LogP contribution is -2.04. The van der Waals surface area contributed by atoms with Crippen molar-refractivity contribution in [1.82, 2.24) is 9.55 Å². The van der Waals surface area contributed by atoms with Crippen molar-refractivity contribution in [2.24, 2.45) is 0 Å². The second-order valence-electron chi connectivity index (χ2n) is 6.75. The molecule has 0 bridgehead atoms. The maximum Gasteiger partial charge on any atom is 0.109 e. The Hall–Kier alpha value is -1.31. The lowest BCUT2D eigenvalue weighted by molar-refractivity contribution is 0.541. The summed E-state index contributed by atoms with van der Waals surface area (Å²) < 4.78 is 2.48. The van der Waals surface area contributed by atoms with Gasteiger partial charge in [0, 0.05) is 13.0 Å². The molecule has 0 aliphatic carbocycles. The van der Waals surface area contributed by atoms with Crippen molar-refractivity contribution in [3.8, 4) is 0 Å². The molecule has 2 aromatic rings. The first-order valence-corrected chi connectivity index (χ1v) is 9.81. The lowest BCUT2D eigenvalue weighted by Gasteiger charge is -2.09. The van der Waals surface area contributed by atoms with Crippen molar-refractivity contribution in [2.45, 2.75) is 91.0 Å². The standard InChI is InChI=1S/C21H34N2/c1-3-5-7-8-9-10-14-18-23-20-16-13-12-15-19(20)22-21(23)17-11-6-4-2/h12-13,15-16H,3-11,14,17-18H2,1-2H3. The van der Waals surface area contributed by atoms with Gasteiger partial charge in [-0.15, -0.1) is 0 Å². The van der Waals surface area contributed by atoms with Crippen molar-refractivity contribution >= 4 is 11.0 Å². The number of imidazole rings is 1. The van der Waals surface area contributed by atoms with Crippen LogP contribution < -0.4 is 0 Å². The van der Waals surface area contributed by atoms with Crippen LogP contribution in [-0.4, -0.2) is 9.55 Å². The molecule has 0 saturated heterocycles. The van der Waals surface area contributed by atoms with Gasteiger partial charge in [0.1, 0.15) is 5.82 Å². The minimum absolute atomic E-state index is 1.12. The van der Waals surface area contributed by atoms with Crippen LogP contribution in [-0.2, 0) is 13.0 Å². The molecule has 0 aliphatic heterocycles. The maximum absolute atomic E-state index is 4.89. The molecule has 1 aromatic heterocycles. The zero-order valence-electron chi connectivity index (χ0n) is 15.2. The smallest absolute Gasteiger partial charge is 0.109 e. The average Bonchev–Trinajstić information content (AvgIpc) is 2.92. The van der Waals surface area contributed by atoms with E-state index in [1.165, 1.54) is 81.1 Å². The van der Waals surface area contributed by atoms with Gasteiger partial charge in [-0.05, 0) is 25.0 Å². The Morgan fingerprint density at radius 2 is 1.43 bits per heavy atom. The van der Waals surface area contributed by atoms with E-state index in [0.29, 0.717) is 0 Å². The molecule has 0 spiro atoms. The lowest BCUT2D eigenvalue weighted by atomic mass is 10.1. The second kappa shape index (κ2) is 10.5. The quantitative estimate of drug-likeness (QED) is 0.408. The van der Waals surface area contributed by atoms with E-state index in [1.807, 2.05) is 0 Å². The van der Waals surface area contributed by atoms with E-state index in [9.17, 15) is 0 Å². The fourth-order valence-electron chi connectivity index (χ4n) is 3.33. The second-order valence-corrected chi connectivity index (χ2v) is 6.75. The number of rotatable bonds is 12. The van der Waals surface area contributed by atoms with E-state index in [0.717, 1.165) is 13.0 Å². The number of unbranched alkanes of at least 4 members (excludes halogenated alkanes) is 8. The van der Waals surface area contributed by atoms with Crippen molar-refractivity contribution in [3.63, 3.8) is 0 Å². The molecule has 2 nitrogen and oxygen atoms in total. The molecule has 23 heavy (non-hydrogen) atoms. The van der Waals surface area contributed by atoms with E-state index in [2.05, 4.69) is 42.7 Å². The molecule has 0 N–H and O–H groups in total. The van der Waals surface area contributed by atoms with Gasteiger partial charge in [-0.1, -0.05) is 77.3 Å². The summed E-state index contributed by atoms with van der Waals surface area (Å²) in [7, 11) is 0. The minimum atomic E-state index is 1.12. The number of hydrogen-bond acceptors (Lipinski definition) is 1. The van der Waals surface area contributed by atoms with Crippen molar-refractivity contribution in [1.29, 1.82) is 0 Å². The van der Waals surface area contributed by atoms with Crippen molar-refractivity contribution in [2.75, 3.05) is 0 Å². The topological polar surface area (TPSA) is 17.8 Å². The van der Waals surface area contributed by atoms with Crippen LogP contribution in [0, 0.1) is 0 Å². The van der Waals surface area contributed by atoms with E-state index in [-0.39, 0.29) is 0 Å². The minimum Gasteiger partial charge on any atom is -0.328 e. The number of fused-ring (bicyclic) bond motifs is 1.